The molecular weight excluding hydrogens is 281 g/mol. The summed E-state index contributed by atoms with van der Waals surface area (Å²) in [5.41, 5.74) is 1.90. The van der Waals surface area contributed by atoms with Crippen LogP contribution in [0.2, 0.25) is 0 Å². The van der Waals surface area contributed by atoms with Crippen molar-refractivity contribution in [3.05, 3.63) is 29.8 Å². The number of benzene rings is 1. The number of anilines is 1. The first kappa shape index (κ1) is 15.0. The van der Waals surface area contributed by atoms with E-state index >= 15 is 0 Å². The van der Waals surface area contributed by atoms with E-state index in [1.54, 1.807) is 0 Å². The number of hydrogen-bond donors (Lipinski definition) is 0. The van der Waals surface area contributed by atoms with Gasteiger partial charge in [0, 0.05) is 24.6 Å². The van der Waals surface area contributed by atoms with Crippen LogP contribution in [0.4, 0.5) is 9.57 Å². The van der Waals surface area contributed by atoms with Crippen LogP contribution in [0.15, 0.2) is 24.3 Å². The summed E-state index contributed by atoms with van der Waals surface area (Å²) in [5, 5.41) is 0. The molecule has 0 saturated carbocycles. The van der Waals surface area contributed by atoms with E-state index < -0.39 is 21.9 Å². The molecule has 2 rings (SSSR count). The molecule has 1 atom stereocenters. The van der Waals surface area contributed by atoms with Crippen molar-refractivity contribution < 1.29 is 17.1 Å². The minimum atomic E-state index is -4.53. The molecule has 0 N–H and O–H groups in total. The third-order valence-corrected chi connectivity index (χ3v) is 4.38. The number of rotatable bonds is 4. The maximum atomic E-state index is 12.7. The molecule has 1 saturated heterocycles. The Balaban J connectivity index is 2.11. The van der Waals surface area contributed by atoms with Crippen molar-refractivity contribution >= 4 is 21.8 Å². The van der Waals surface area contributed by atoms with Crippen LogP contribution in [0.3, 0.4) is 0 Å². The van der Waals surface area contributed by atoms with Crippen LogP contribution in [0, 0.1) is 5.92 Å². The molecule has 6 heteroatoms. The van der Waals surface area contributed by atoms with E-state index in [9.17, 15) is 17.1 Å². The standard InChI is InChI=1S/C14H18FNO3S/c1-10(2)12-3-5-13(6-4-12)16-8-11(7-14(16)17)9-20(15,18)19/h3-6,10-11H,7-9H2,1-2H3. The summed E-state index contributed by atoms with van der Waals surface area (Å²) in [6.07, 6.45) is 0.0785. The molecule has 20 heavy (non-hydrogen) atoms. The van der Waals surface area contributed by atoms with Gasteiger partial charge in [-0.25, -0.2) is 0 Å². The van der Waals surface area contributed by atoms with Gasteiger partial charge in [0.2, 0.25) is 5.91 Å². The van der Waals surface area contributed by atoms with Crippen molar-refractivity contribution in [1.82, 2.24) is 0 Å². The van der Waals surface area contributed by atoms with Gasteiger partial charge in [0.05, 0.1) is 5.75 Å². The second kappa shape index (κ2) is 5.52. The van der Waals surface area contributed by atoms with Crippen LogP contribution >= 0.6 is 0 Å². The molecule has 1 aromatic carbocycles. The van der Waals surface area contributed by atoms with E-state index in [2.05, 4.69) is 13.8 Å². The predicted molar refractivity (Wildman–Crippen MR) is 75.9 cm³/mol. The second-order valence-electron chi connectivity index (χ2n) is 5.53. The van der Waals surface area contributed by atoms with Gasteiger partial charge >= 0.3 is 10.2 Å². The van der Waals surface area contributed by atoms with E-state index in [0.29, 0.717) is 5.92 Å². The first-order chi connectivity index (χ1) is 9.26. The highest BCUT2D eigenvalue weighted by molar-refractivity contribution is 7.86. The Labute approximate surface area is 118 Å². The molecule has 110 valence electrons. The summed E-state index contributed by atoms with van der Waals surface area (Å²) in [6, 6.07) is 7.60. The number of nitrogens with zero attached hydrogens (tertiary/aromatic N) is 1. The fourth-order valence-electron chi connectivity index (χ4n) is 2.46. The Morgan fingerprint density at radius 3 is 2.40 bits per heavy atom. The van der Waals surface area contributed by atoms with E-state index in [1.807, 2.05) is 24.3 Å². The van der Waals surface area contributed by atoms with Gasteiger partial charge in [0.25, 0.3) is 0 Å². The van der Waals surface area contributed by atoms with Crippen LogP contribution in [-0.2, 0) is 15.0 Å². The maximum absolute atomic E-state index is 12.7. The average molecular weight is 299 g/mol. The second-order valence-corrected chi connectivity index (χ2v) is 6.94. The van der Waals surface area contributed by atoms with Crippen molar-refractivity contribution in [1.29, 1.82) is 0 Å². The van der Waals surface area contributed by atoms with Gasteiger partial charge in [-0.15, -0.1) is 3.89 Å². The normalized spacial score (nSPS) is 19.9. The van der Waals surface area contributed by atoms with E-state index in [4.69, 9.17) is 0 Å². The van der Waals surface area contributed by atoms with E-state index in [1.165, 1.54) is 10.5 Å². The van der Waals surface area contributed by atoms with Gasteiger partial charge in [0.15, 0.2) is 0 Å². The third kappa shape index (κ3) is 3.56. The van der Waals surface area contributed by atoms with Crippen LogP contribution in [0.1, 0.15) is 31.7 Å². The van der Waals surface area contributed by atoms with Gasteiger partial charge in [-0.1, -0.05) is 26.0 Å². The number of amides is 1. The highest BCUT2D eigenvalue weighted by Gasteiger charge is 2.33. The highest BCUT2D eigenvalue weighted by Crippen LogP contribution is 2.27. The van der Waals surface area contributed by atoms with Crippen molar-refractivity contribution in [2.24, 2.45) is 5.92 Å². The molecule has 0 aliphatic carbocycles. The Kier molecular flexibility index (Phi) is 4.13. The van der Waals surface area contributed by atoms with Crippen molar-refractivity contribution in [2.75, 3.05) is 17.2 Å². The maximum Gasteiger partial charge on any atom is 0.302 e. The minimum Gasteiger partial charge on any atom is -0.312 e. The Bertz CT molecular complexity index is 595. The van der Waals surface area contributed by atoms with Gasteiger partial charge < -0.3 is 4.90 Å². The first-order valence-corrected chi connectivity index (χ1v) is 8.14. The van der Waals surface area contributed by atoms with E-state index in [-0.39, 0.29) is 18.9 Å². The van der Waals surface area contributed by atoms with Crippen molar-refractivity contribution in [3.63, 3.8) is 0 Å². The monoisotopic (exact) mass is 299 g/mol. The highest BCUT2D eigenvalue weighted by atomic mass is 32.3. The Morgan fingerprint density at radius 1 is 1.30 bits per heavy atom. The minimum absolute atomic E-state index is 0.0785. The van der Waals surface area contributed by atoms with Crippen LogP contribution < -0.4 is 4.90 Å². The lowest BCUT2D eigenvalue weighted by atomic mass is 10.0. The first-order valence-electron chi connectivity index (χ1n) is 6.59. The predicted octanol–water partition coefficient (Wildman–Crippen LogP) is 2.46. The van der Waals surface area contributed by atoms with Crippen LogP contribution in [0.5, 0.6) is 0 Å². The largest absolute Gasteiger partial charge is 0.312 e. The summed E-state index contributed by atoms with van der Waals surface area (Å²) >= 11 is 0. The molecule has 1 amide bonds. The lowest BCUT2D eigenvalue weighted by Crippen LogP contribution is -2.25. The molecule has 1 unspecified atom stereocenters. The fraction of sp³-hybridized carbons (Fsp3) is 0.500. The smallest absolute Gasteiger partial charge is 0.302 e. The molecular formula is C14H18FNO3S. The molecule has 0 spiro atoms. The Hall–Kier alpha value is -1.43. The zero-order valence-corrected chi connectivity index (χ0v) is 12.4. The average Bonchev–Trinajstić information content (AvgIpc) is 2.67. The SMILES string of the molecule is CC(C)c1ccc(N2CC(CS(=O)(=O)F)CC2=O)cc1. The third-order valence-electron chi connectivity index (χ3n) is 3.51. The summed E-state index contributed by atoms with van der Waals surface area (Å²) in [6.45, 7) is 4.42. The van der Waals surface area contributed by atoms with E-state index in [0.717, 1.165) is 5.69 Å². The molecule has 1 aliphatic rings. The molecule has 0 aromatic heterocycles. The summed E-state index contributed by atoms with van der Waals surface area (Å²) < 4.78 is 34.0. The lowest BCUT2D eigenvalue weighted by Gasteiger charge is -2.17. The molecule has 1 heterocycles. The van der Waals surface area contributed by atoms with Gasteiger partial charge in [-0.2, -0.15) is 8.42 Å². The zero-order chi connectivity index (χ0) is 14.9. The summed E-state index contributed by atoms with van der Waals surface area (Å²) in [5.74, 6) is -0.805. The lowest BCUT2D eigenvalue weighted by molar-refractivity contribution is -0.117. The Morgan fingerprint density at radius 2 is 1.90 bits per heavy atom. The molecule has 0 radical (unpaired) electrons. The number of carbonyl (C=O) groups excluding carboxylic acids is 1. The summed E-state index contributed by atoms with van der Waals surface area (Å²) in [4.78, 5) is 13.4. The zero-order valence-electron chi connectivity index (χ0n) is 11.5. The number of halogens is 1. The number of hydrogen-bond acceptors (Lipinski definition) is 3. The van der Waals surface area contributed by atoms with Crippen molar-refractivity contribution in [3.8, 4) is 0 Å². The molecule has 1 fully saturated rings. The molecule has 0 bridgehead atoms. The molecule has 4 nitrogen and oxygen atoms in total. The fourth-order valence-corrected chi connectivity index (χ4v) is 3.25. The van der Waals surface area contributed by atoms with Crippen LogP contribution in [0.25, 0.3) is 0 Å². The van der Waals surface area contributed by atoms with Gasteiger partial charge in [0.1, 0.15) is 0 Å². The van der Waals surface area contributed by atoms with Crippen molar-refractivity contribution in [2.45, 2.75) is 26.2 Å². The summed E-state index contributed by atoms with van der Waals surface area (Å²) in [7, 11) is -4.53. The molecule has 1 aromatic rings. The van der Waals surface area contributed by atoms with Crippen LogP contribution in [-0.4, -0.2) is 26.6 Å². The van der Waals surface area contributed by atoms with Gasteiger partial charge in [-0.05, 0) is 23.6 Å². The van der Waals surface area contributed by atoms with Gasteiger partial charge in [-0.3, -0.25) is 4.79 Å². The molecule has 1 aliphatic heterocycles. The quantitative estimate of drug-likeness (QED) is 0.803. The topological polar surface area (TPSA) is 54.5 Å². The number of carbonyl (C=O) groups is 1.